The van der Waals surface area contributed by atoms with E-state index in [-0.39, 0.29) is 17.9 Å². The number of nitro groups is 1. The van der Waals surface area contributed by atoms with Crippen LogP contribution in [0.25, 0.3) is 0 Å². The molecule has 0 radical (unpaired) electrons. The maximum Gasteiger partial charge on any atom is 0.269 e. The maximum atomic E-state index is 10.8. The molecule has 0 aliphatic heterocycles. The van der Waals surface area contributed by atoms with Gasteiger partial charge in [-0.2, -0.15) is 18.1 Å². The van der Waals surface area contributed by atoms with Crippen molar-refractivity contribution in [3.05, 3.63) is 64.5 Å². The van der Waals surface area contributed by atoms with Crippen LogP contribution in [0.1, 0.15) is 12.1 Å². The summed E-state index contributed by atoms with van der Waals surface area (Å²) in [5, 5.41) is 16.6. The molecule has 0 unspecified atom stereocenters. The lowest BCUT2D eigenvalue weighted by molar-refractivity contribution is -0.697. The molecule has 0 saturated heterocycles. The summed E-state index contributed by atoms with van der Waals surface area (Å²) in [5.74, 6) is -0.311. The fraction of sp³-hybridized carbons (Fsp3) is 0.250. The molecule has 138 valence electrons. The van der Waals surface area contributed by atoms with Crippen LogP contribution in [0.5, 0.6) is 0 Å². The van der Waals surface area contributed by atoms with Crippen LogP contribution in [0, 0.1) is 10.1 Å². The molecule has 10 heteroatoms. The van der Waals surface area contributed by atoms with Crippen LogP contribution in [-0.2, 0) is 16.7 Å². The molecule has 2 rings (SSSR count). The SMILES string of the molecule is CN(N=Cc1cccc[n+]1CCCS(=O)(=O)O)c1ccc([N+](=O)[O-])cc1. The van der Waals surface area contributed by atoms with Crippen LogP contribution >= 0.6 is 0 Å². The van der Waals surface area contributed by atoms with Gasteiger partial charge in [0.25, 0.3) is 15.8 Å². The zero-order chi connectivity index (χ0) is 19.2. The summed E-state index contributed by atoms with van der Waals surface area (Å²) >= 11 is 0. The van der Waals surface area contributed by atoms with Gasteiger partial charge in [0.15, 0.2) is 6.20 Å². The van der Waals surface area contributed by atoms with Crippen molar-refractivity contribution in [2.75, 3.05) is 17.8 Å². The van der Waals surface area contributed by atoms with Gasteiger partial charge in [-0.05, 0) is 18.2 Å². The predicted molar refractivity (Wildman–Crippen MR) is 96.8 cm³/mol. The van der Waals surface area contributed by atoms with Gasteiger partial charge in [-0.1, -0.05) is 0 Å². The molecular weight excluding hydrogens is 360 g/mol. The quantitative estimate of drug-likeness (QED) is 0.245. The van der Waals surface area contributed by atoms with Crippen molar-refractivity contribution in [2.24, 2.45) is 5.10 Å². The molecule has 1 aromatic carbocycles. The summed E-state index contributed by atoms with van der Waals surface area (Å²) in [6, 6.07) is 11.5. The Balaban J connectivity index is 2.08. The highest BCUT2D eigenvalue weighted by Gasteiger charge is 2.11. The average Bonchev–Trinajstić information content (AvgIpc) is 2.59. The summed E-state index contributed by atoms with van der Waals surface area (Å²) < 4.78 is 32.3. The Bertz CT molecular complexity index is 897. The summed E-state index contributed by atoms with van der Waals surface area (Å²) in [4.78, 5) is 10.2. The number of hydrazone groups is 1. The van der Waals surface area contributed by atoms with Crippen LogP contribution in [0.3, 0.4) is 0 Å². The van der Waals surface area contributed by atoms with Gasteiger partial charge in [0.1, 0.15) is 12.8 Å². The second kappa shape index (κ2) is 8.50. The Morgan fingerprint density at radius 3 is 2.58 bits per heavy atom. The van der Waals surface area contributed by atoms with Crippen LogP contribution in [0.4, 0.5) is 11.4 Å². The van der Waals surface area contributed by atoms with Gasteiger partial charge in [-0.25, -0.2) is 0 Å². The number of aryl methyl sites for hydroxylation is 1. The number of rotatable bonds is 8. The maximum absolute atomic E-state index is 10.8. The van der Waals surface area contributed by atoms with Crippen LogP contribution in [0.2, 0.25) is 0 Å². The van der Waals surface area contributed by atoms with Gasteiger partial charge in [0, 0.05) is 37.7 Å². The number of nitrogens with zero attached hydrogens (tertiary/aromatic N) is 4. The molecule has 0 amide bonds. The first-order valence-electron chi connectivity index (χ1n) is 7.72. The number of benzene rings is 1. The zero-order valence-electron chi connectivity index (χ0n) is 14.1. The third-order valence-corrected chi connectivity index (χ3v) is 4.38. The molecule has 0 aliphatic carbocycles. The van der Waals surface area contributed by atoms with Crippen molar-refractivity contribution in [2.45, 2.75) is 13.0 Å². The minimum atomic E-state index is -3.98. The number of hydrogen-bond donors (Lipinski definition) is 1. The lowest BCUT2D eigenvalue weighted by atomic mass is 10.3. The molecule has 26 heavy (non-hydrogen) atoms. The van der Waals surface area contributed by atoms with Gasteiger partial charge < -0.3 is 0 Å². The largest absolute Gasteiger partial charge is 0.286 e. The number of pyridine rings is 1. The minimum Gasteiger partial charge on any atom is -0.286 e. The second-order valence-electron chi connectivity index (χ2n) is 5.50. The van der Waals surface area contributed by atoms with Crippen LogP contribution < -0.4 is 9.58 Å². The van der Waals surface area contributed by atoms with E-state index in [1.165, 1.54) is 12.1 Å². The lowest BCUT2D eigenvalue weighted by Gasteiger charge is -2.11. The van der Waals surface area contributed by atoms with Gasteiger partial charge in [-0.15, -0.1) is 0 Å². The molecule has 2 aromatic rings. The molecule has 0 atom stereocenters. The van der Waals surface area contributed by atoms with E-state index in [1.807, 2.05) is 22.8 Å². The van der Waals surface area contributed by atoms with Gasteiger partial charge in [-0.3, -0.25) is 19.7 Å². The molecule has 0 saturated carbocycles. The van der Waals surface area contributed by atoms with E-state index in [4.69, 9.17) is 4.55 Å². The smallest absolute Gasteiger partial charge is 0.269 e. The standard InChI is InChI=1S/C16H18N4O5S/c1-18(14-6-8-15(9-7-14)20(21)22)17-13-16-5-2-3-10-19(16)11-4-12-26(23,24)25/h2-3,5-10,13H,4,11-12H2,1H3/p+1. The molecular formula is C16H19N4O5S+. The summed E-state index contributed by atoms with van der Waals surface area (Å²) in [5.41, 5.74) is 1.43. The van der Waals surface area contributed by atoms with Crippen molar-refractivity contribution < 1.29 is 22.5 Å². The van der Waals surface area contributed by atoms with Crippen molar-refractivity contribution in [3.8, 4) is 0 Å². The van der Waals surface area contributed by atoms with Crippen molar-refractivity contribution in [3.63, 3.8) is 0 Å². The van der Waals surface area contributed by atoms with E-state index in [9.17, 15) is 18.5 Å². The number of hydrogen-bond acceptors (Lipinski definition) is 6. The van der Waals surface area contributed by atoms with Gasteiger partial charge in [0.05, 0.1) is 16.4 Å². The topological polar surface area (TPSA) is 117 Å². The molecule has 1 heterocycles. The van der Waals surface area contributed by atoms with Crippen molar-refractivity contribution in [1.29, 1.82) is 0 Å². The first kappa shape index (κ1) is 19.5. The Kier molecular flexibility index (Phi) is 6.36. The van der Waals surface area contributed by atoms with E-state index in [0.717, 1.165) is 5.69 Å². The third kappa shape index (κ3) is 5.90. The Hall–Kier alpha value is -2.85. The fourth-order valence-electron chi connectivity index (χ4n) is 2.23. The van der Waals surface area contributed by atoms with E-state index in [0.29, 0.717) is 12.2 Å². The van der Waals surface area contributed by atoms with Crippen molar-refractivity contribution >= 4 is 27.7 Å². The minimum absolute atomic E-state index is 0.00543. The first-order chi connectivity index (χ1) is 12.3. The highest BCUT2D eigenvalue weighted by molar-refractivity contribution is 7.85. The number of nitro benzene ring substituents is 1. The van der Waals surface area contributed by atoms with Crippen LogP contribution in [-0.4, -0.2) is 36.9 Å². The molecule has 1 aromatic heterocycles. The lowest BCUT2D eigenvalue weighted by Crippen LogP contribution is -2.38. The first-order valence-corrected chi connectivity index (χ1v) is 9.33. The summed E-state index contributed by atoms with van der Waals surface area (Å²) in [6.45, 7) is 0.406. The normalized spacial score (nSPS) is 11.6. The molecule has 1 N–H and O–H groups in total. The molecule has 0 fully saturated rings. The van der Waals surface area contributed by atoms with Gasteiger partial charge in [0.2, 0.25) is 5.69 Å². The summed E-state index contributed by atoms with van der Waals surface area (Å²) in [6.07, 6.45) is 3.67. The monoisotopic (exact) mass is 379 g/mol. The molecule has 0 spiro atoms. The van der Waals surface area contributed by atoms with E-state index in [2.05, 4.69) is 5.10 Å². The van der Waals surface area contributed by atoms with E-state index in [1.54, 1.807) is 36.6 Å². The highest BCUT2D eigenvalue weighted by atomic mass is 32.2. The predicted octanol–water partition coefficient (Wildman–Crippen LogP) is 1.63. The Labute approximate surface area is 151 Å². The average molecular weight is 379 g/mol. The Morgan fingerprint density at radius 2 is 1.96 bits per heavy atom. The molecule has 0 aliphatic rings. The van der Waals surface area contributed by atoms with E-state index < -0.39 is 15.0 Å². The van der Waals surface area contributed by atoms with Crippen molar-refractivity contribution in [1.82, 2.24) is 0 Å². The second-order valence-corrected chi connectivity index (χ2v) is 7.07. The molecule has 9 nitrogen and oxygen atoms in total. The van der Waals surface area contributed by atoms with Gasteiger partial charge >= 0.3 is 0 Å². The third-order valence-electron chi connectivity index (χ3n) is 3.57. The number of anilines is 1. The zero-order valence-corrected chi connectivity index (χ0v) is 14.9. The highest BCUT2D eigenvalue weighted by Crippen LogP contribution is 2.18. The van der Waals surface area contributed by atoms with Crippen LogP contribution in [0.15, 0.2) is 53.8 Å². The summed E-state index contributed by atoms with van der Waals surface area (Å²) in [7, 11) is -2.27. The number of non-ortho nitro benzene ring substituents is 1. The fourth-order valence-corrected chi connectivity index (χ4v) is 2.72. The molecule has 0 bridgehead atoms. The van der Waals surface area contributed by atoms with E-state index >= 15 is 0 Å². The Morgan fingerprint density at radius 1 is 1.27 bits per heavy atom. The number of aromatic nitrogens is 1.